The fraction of sp³-hybridized carbons (Fsp3) is 0.381. The van der Waals surface area contributed by atoms with Gasteiger partial charge in [0.05, 0.1) is 17.7 Å². The van der Waals surface area contributed by atoms with Crippen molar-refractivity contribution >= 4 is 21.1 Å². The summed E-state index contributed by atoms with van der Waals surface area (Å²) in [7, 11) is -1.31. The number of aliphatic hydroxyl groups is 1. The third-order valence-electron chi connectivity index (χ3n) is 5.30. The van der Waals surface area contributed by atoms with E-state index < -0.39 is 22.4 Å². The first kappa shape index (κ1) is 23.2. The summed E-state index contributed by atoms with van der Waals surface area (Å²) in [6.07, 6.45) is 0.879. The molecule has 3 heterocycles. The van der Waals surface area contributed by atoms with Crippen molar-refractivity contribution in [2.75, 3.05) is 16.4 Å². The monoisotopic (exact) mass is 485 g/mol. The molecule has 1 unspecified atom stereocenters. The Morgan fingerprint density at radius 1 is 1.15 bits per heavy atom. The second-order valence-corrected chi connectivity index (χ2v) is 10.1. The standard InChI is InChI=1S/C21H22F3N3O5S/c1-26-12-14(11-25-26)18-13-27(15-2-4-17(5-3-15)32-21(22,23)24)20(28)10-19(18)31-16-6-8-33(29,30)9-7-16/h2-5,10-13,16,20,28H,6-9H2,1H3. The Kier molecular flexibility index (Phi) is 6.14. The van der Waals surface area contributed by atoms with Crippen LogP contribution in [0.15, 0.2) is 54.7 Å². The molecule has 178 valence electrons. The number of ether oxygens (including phenoxy) is 2. The van der Waals surface area contributed by atoms with Crippen LogP contribution in [0.25, 0.3) is 5.57 Å². The van der Waals surface area contributed by atoms with Gasteiger partial charge in [-0.05, 0) is 37.1 Å². The minimum atomic E-state index is -4.80. The van der Waals surface area contributed by atoms with Crippen LogP contribution in [0, 0.1) is 0 Å². The molecule has 0 saturated carbocycles. The summed E-state index contributed by atoms with van der Waals surface area (Å²) in [6, 6.07) is 5.11. The van der Waals surface area contributed by atoms with E-state index in [0.717, 1.165) is 12.1 Å². The molecular weight excluding hydrogens is 463 g/mol. The molecule has 1 fully saturated rings. The van der Waals surface area contributed by atoms with Crippen LogP contribution < -0.4 is 9.64 Å². The van der Waals surface area contributed by atoms with Gasteiger partial charge in [0.15, 0.2) is 16.1 Å². The van der Waals surface area contributed by atoms with Gasteiger partial charge in [-0.25, -0.2) is 8.42 Å². The number of aromatic nitrogens is 2. The summed E-state index contributed by atoms with van der Waals surface area (Å²) in [5, 5.41) is 14.9. The van der Waals surface area contributed by atoms with Gasteiger partial charge in [-0.15, -0.1) is 13.2 Å². The van der Waals surface area contributed by atoms with Crippen molar-refractivity contribution in [3.05, 3.63) is 60.3 Å². The van der Waals surface area contributed by atoms with E-state index >= 15 is 0 Å². The number of hydrogen-bond donors (Lipinski definition) is 1. The number of hydrogen-bond acceptors (Lipinski definition) is 7. The lowest BCUT2D eigenvalue weighted by Crippen LogP contribution is -2.34. The Balaban J connectivity index is 1.60. The fourth-order valence-electron chi connectivity index (χ4n) is 3.68. The number of alkyl halides is 3. The molecule has 2 aromatic rings. The largest absolute Gasteiger partial charge is 0.573 e. The highest BCUT2D eigenvalue weighted by molar-refractivity contribution is 7.91. The molecule has 1 aromatic heterocycles. The predicted octanol–water partition coefficient (Wildman–Crippen LogP) is 2.98. The zero-order valence-electron chi connectivity index (χ0n) is 17.6. The van der Waals surface area contributed by atoms with Gasteiger partial charge in [0, 0.05) is 42.3 Å². The molecule has 33 heavy (non-hydrogen) atoms. The SMILES string of the molecule is Cn1cc(C2=CN(c3ccc(OC(F)(F)F)cc3)C(O)C=C2OC2CCS(=O)(=O)CC2)cn1. The highest BCUT2D eigenvalue weighted by atomic mass is 32.2. The van der Waals surface area contributed by atoms with Crippen molar-refractivity contribution in [2.24, 2.45) is 7.05 Å². The summed E-state index contributed by atoms with van der Waals surface area (Å²) >= 11 is 0. The Morgan fingerprint density at radius 3 is 2.39 bits per heavy atom. The Morgan fingerprint density at radius 2 is 1.82 bits per heavy atom. The Labute approximate surface area is 188 Å². The van der Waals surface area contributed by atoms with Gasteiger partial charge in [-0.2, -0.15) is 5.10 Å². The van der Waals surface area contributed by atoms with Gasteiger partial charge < -0.3 is 19.5 Å². The maximum absolute atomic E-state index is 12.4. The highest BCUT2D eigenvalue weighted by Crippen LogP contribution is 2.35. The number of anilines is 1. The van der Waals surface area contributed by atoms with Gasteiger partial charge in [-0.3, -0.25) is 4.68 Å². The molecule has 0 radical (unpaired) electrons. The smallest absolute Gasteiger partial charge is 0.490 e. The molecule has 2 aliphatic heterocycles. The molecule has 0 amide bonds. The van der Waals surface area contributed by atoms with E-state index in [2.05, 4.69) is 9.84 Å². The lowest BCUT2D eigenvalue weighted by molar-refractivity contribution is -0.274. The third kappa shape index (κ3) is 5.69. The van der Waals surface area contributed by atoms with E-state index in [1.807, 2.05) is 0 Å². The van der Waals surface area contributed by atoms with Gasteiger partial charge in [0.2, 0.25) is 0 Å². The summed E-state index contributed by atoms with van der Waals surface area (Å²) in [6.45, 7) is 0. The molecule has 0 aliphatic carbocycles. The average Bonchev–Trinajstić information content (AvgIpc) is 3.15. The number of sulfone groups is 1. The normalized spacial score (nSPS) is 21.4. The van der Waals surface area contributed by atoms with Crippen LogP contribution in [-0.2, 0) is 21.6 Å². The van der Waals surface area contributed by atoms with Crippen LogP contribution in [-0.4, -0.2) is 53.5 Å². The number of aliphatic hydroxyl groups excluding tert-OH is 1. The Hall–Kier alpha value is -2.99. The van der Waals surface area contributed by atoms with Gasteiger partial charge in [0.1, 0.15) is 17.6 Å². The zero-order chi connectivity index (χ0) is 23.8. The first-order valence-electron chi connectivity index (χ1n) is 10.1. The summed E-state index contributed by atoms with van der Waals surface area (Å²) in [4.78, 5) is 1.47. The maximum atomic E-state index is 12.4. The van der Waals surface area contributed by atoms with Gasteiger partial charge in [-0.1, -0.05) is 0 Å². The topological polar surface area (TPSA) is 93.9 Å². The lowest BCUT2D eigenvalue weighted by atomic mass is 10.0. The molecular formula is C21H22F3N3O5S. The van der Waals surface area contributed by atoms with Crippen molar-refractivity contribution in [3.63, 3.8) is 0 Å². The molecule has 0 spiro atoms. The quantitative estimate of drug-likeness (QED) is 0.696. The molecule has 12 heteroatoms. The van der Waals surface area contributed by atoms with Crippen molar-refractivity contribution in [3.8, 4) is 5.75 Å². The molecule has 1 saturated heterocycles. The number of allylic oxidation sites excluding steroid dienone is 1. The summed E-state index contributed by atoms with van der Waals surface area (Å²) < 4.78 is 72.3. The molecule has 8 nitrogen and oxygen atoms in total. The van der Waals surface area contributed by atoms with Crippen LogP contribution in [0.2, 0.25) is 0 Å². The van der Waals surface area contributed by atoms with E-state index in [4.69, 9.17) is 4.74 Å². The van der Waals surface area contributed by atoms with E-state index in [-0.39, 0.29) is 23.4 Å². The molecule has 0 bridgehead atoms. The van der Waals surface area contributed by atoms with E-state index in [1.54, 1.807) is 30.3 Å². The maximum Gasteiger partial charge on any atom is 0.573 e. The molecule has 1 atom stereocenters. The number of aryl methyl sites for hydroxylation is 1. The minimum absolute atomic E-state index is 0.0396. The fourth-order valence-corrected chi connectivity index (χ4v) is 5.13. The first-order valence-corrected chi connectivity index (χ1v) is 11.9. The molecule has 2 aliphatic rings. The third-order valence-corrected chi connectivity index (χ3v) is 7.01. The van der Waals surface area contributed by atoms with Crippen LogP contribution in [0.5, 0.6) is 5.75 Å². The Bertz CT molecular complexity index is 1160. The minimum Gasteiger partial charge on any atom is -0.490 e. The van der Waals surface area contributed by atoms with Crippen LogP contribution >= 0.6 is 0 Å². The van der Waals surface area contributed by atoms with Crippen LogP contribution in [0.3, 0.4) is 0 Å². The van der Waals surface area contributed by atoms with E-state index in [1.165, 1.54) is 23.1 Å². The second kappa shape index (κ2) is 8.75. The number of halogens is 3. The van der Waals surface area contributed by atoms with Gasteiger partial charge >= 0.3 is 6.36 Å². The molecule has 1 aromatic carbocycles. The first-order chi connectivity index (χ1) is 15.5. The number of rotatable bonds is 5. The van der Waals surface area contributed by atoms with E-state index in [0.29, 0.717) is 35.4 Å². The summed E-state index contributed by atoms with van der Waals surface area (Å²) in [5.74, 6) is 0.0876. The van der Waals surface area contributed by atoms with Crippen molar-refractivity contribution in [1.82, 2.24) is 9.78 Å². The van der Waals surface area contributed by atoms with Crippen molar-refractivity contribution < 1.29 is 36.2 Å². The molecule has 4 rings (SSSR count). The zero-order valence-corrected chi connectivity index (χ0v) is 18.4. The number of nitrogens with zero attached hydrogens (tertiary/aromatic N) is 3. The van der Waals surface area contributed by atoms with Gasteiger partial charge in [0.25, 0.3) is 0 Å². The van der Waals surface area contributed by atoms with Crippen LogP contribution in [0.4, 0.5) is 18.9 Å². The second-order valence-electron chi connectivity index (χ2n) is 7.81. The summed E-state index contributed by atoms with van der Waals surface area (Å²) in [5.41, 5.74) is 1.72. The number of benzene rings is 1. The lowest BCUT2D eigenvalue weighted by Gasteiger charge is -2.33. The van der Waals surface area contributed by atoms with Crippen molar-refractivity contribution in [2.45, 2.75) is 31.5 Å². The predicted molar refractivity (Wildman–Crippen MR) is 114 cm³/mol. The molecule has 1 N–H and O–H groups in total. The van der Waals surface area contributed by atoms with E-state index in [9.17, 15) is 26.7 Å². The van der Waals surface area contributed by atoms with Crippen molar-refractivity contribution in [1.29, 1.82) is 0 Å². The highest BCUT2D eigenvalue weighted by Gasteiger charge is 2.32. The average molecular weight is 485 g/mol. The van der Waals surface area contributed by atoms with Crippen LogP contribution in [0.1, 0.15) is 18.4 Å².